The summed E-state index contributed by atoms with van der Waals surface area (Å²) in [6.45, 7) is 2.23. The van der Waals surface area contributed by atoms with Crippen LogP contribution in [0.4, 0.5) is 10.8 Å². The van der Waals surface area contributed by atoms with E-state index in [0.29, 0.717) is 13.0 Å². The summed E-state index contributed by atoms with van der Waals surface area (Å²) in [7, 11) is 1.68. The molecule has 6 heteroatoms. The van der Waals surface area contributed by atoms with Gasteiger partial charge in [0.1, 0.15) is 0 Å². The van der Waals surface area contributed by atoms with Gasteiger partial charge in [0.2, 0.25) is 5.91 Å². The summed E-state index contributed by atoms with van der Waals surface area (Å²) in [4.78, 5) is 18.2. The molecule has 2 heterocycles. The van der Waals surface area contributed by atoms with Gasteiger partial charge in [0.25, 0.3) is 0 Å². The lowest BCUT2D eigenvalue weighted by atomic mass is 10.1. The van der Waals surface area contributed by atoms with Crippen molar-refractivity contribution in [2.45, 2.75) is 12.8 Å². The zero-order valence-corrected chi connectivity index (χ0v) is 13.4. The first kappa shape index (κ1) is 15.0. The smallest absolute Gasteiger partial charge is 0.227 e. The Morgan fingerprint density at radius 2 is 2.18 bits per heavy atom. The molecule has 22 heavy (non-hydrogen) atoms. The Balaban J connectivity index is 1.69. The summed E-state index contributed by atoms with van der Waals surface area (Å²) >= 11 is 1.58. The Hall–Kier alpha value is -1.92. The molecular weight excluding hydrogens is 298 g/mol. The fraction of sp³-hybridized carbons (Fsp3) is 0.375. The van der Waals surface area contributed by atoms with Gasteiger partial charge < -0.3 is 15.0 Å². The van der Waals surface area contributed by atoms with Crippen molar-refractivity contribution < 1.29 is 9.53 Å². The van der Waals surface area contributed by atoms with E-state index in [4.69, 9.17) is 4.74 Å². The summed E-state index contributed by atoms with van der Waals surface area (Å²) in [6, 6.07) is 8.04. The van der Waals surface area contributed by atoms with Crippen LogP contribution in [0.15, 0.2) is 29.6 Å². The first-order valence-corrected chi connectivity index (χ1v) is 8.25. The van der Waals surface area contributed by atoms with E-state index in [1.165, 1.54) is 0 Å². The van der Waals surface area contributed by atoms with Crippen molar-refractivity contribution in [1.29, 1.82) is 0 Å². The molecule has 1 N–H and O–H groups in total. The minimum absolute atomic E-state index is 0.214. The third-order valence-corrected chi connectivity index (χ3v) is 4.43. The summed E-state index contributed by atoms with van der Waals surface area (Å²) in [5, 5.41) is 6.15. The van der Waals surface area contributed by atoms with Crippen molar-refractivity contribution >= 4 is 28.1 Å². The predicted octanol–water partition coefficient (Wildman–Crippen LogP) is 3.00. The van der Waals surface area contributed by atoms with Gasteiger partial charge in [-0.1, -0.05) is 12.1 Å². The van der Waals surface area contributed by atoms with Crippen molar-refractivity contribution in [3.05, 3.63) is 29.6 Å². The second-order valence-corrected chi connectivity index (χ2v) is 6.01. The first-order chi connectivity index (χ1) is 10.8. The van der Waals surface area contributed by atoms with Crippen LogP contribution in [0, 0.1) is 0 Å². The summed E-state index contributed by atoms with van der Waals surface area (Å²) < 4.78 is 5.01. The highest BCUT2D eigenvalue weighted by molar-refractivity contribution is 7.14. The van der Waals surface area contributed by atoms with E-state index in [1.54, 1.807) is 18.4 Å². The number of hydrogen-bond acceptors (Lipinski definition) is 5. The molecule has 1 aliphatic heterocycles. The van der Waals surface area contributed by atoms with Gasteiger partial charge in [-0.05, 0) is 18.6 Å². The second-order valence-electron chi connectivity index (χ2n) is 5.15. The number of benzene rings is 1. The van der Waals surface area contributed by atoms with Gasteiger partial charge in [-0.25, -0.2) is 4.98 Å². The van der Waals surface area contributed by atoms with Crippen LogP contribution in [0.1, 0.15) is 12.8 Å². The molecule has 1 fully saturated rings. The molecule has 0 radical (unpaired) electrons. The standard InChI is InChI=1S/C16H19N3O2S/c1-21-10-8-17-16-18-14(11-22-16)12-4-6-13(7-5-12)19-9-2-3-15(19)20/h4-7,11H,2-3,8-10H2,1H3,(H,17,18). The number of ether oxygens (including phenoxy) is 1. The van der Waals surface area contributed by atoms with Gasteiger partial charge in [-0.3, -0.25) is 4.79 Å². The highest BCUT2D eigenvalue weighted by atomic mass is 32.1. The van der Waals surface area contributed by atoms with E-state index in [9.17, 15) is 4.79 Å². The molecule has 1 aliphatic rings. The highest BCUT2D eigenvalue weighted by Crippen LogP contribution is 2.28. The zero-order valence-electron chi connectivity index (χ0n) is 12.5. The molecule has 1 aromatic carbocycles. The molecular formula is C16H19N3O2S. The summed E-state index contributed by atoms with van der Waals surface area (Å²) in [5.41, 5.74) is 2.98. The minimum atomic E-state index is 0.214. The number of aromatic nitrogens is 1. The minimum Gasteiger partial charge on any atom is -0.383 e. The van der Waals surface area contributed by atoms with E-state index in [2.05, 4.69) is 10.3 Å². The normalized spacial score (nSPS) is 14.6. The van der Waals surface area contributed by atoms with E-state index in [1.807, 2.05) is 34.5 Å². The molecule has 5 nitrogen and oxygen atoms in total. The summed E-state index contributed by atoms with van der Waals surface area (Å²) in [6.07, 6.45) is 1.60. The Bertz CT molecular complexity index is 639. The van der Waals surface area contributed by atoms with Gasteiger partial charge in [-0.2, -0.15) is 0 Å². The fourth-order valence-corrected chi connectivity index (χ4v) is 3.23. The van der Waals surface area contributed by atoms with Gasteiger partial charge >= 0.3 is 0 Å². The van der Waals surface area contributed by atoms with Gasteiger partial charge in [0, 0.05) is 43.3 Å². The highest BCUT2D eigenvalue weighted by Gasteiger charge is 2.21. The van der Waals surface area contributed by atoms with Crippen LogP contribution in [-0.2, 0) is 9.53 Å². The lowest BCUT2D eigenvalue weighted by Gasteiger charge is -2.15. The van der Waals surface area contributed by atoms with Crippen molar-refractivity contribution in [2.24, 2.45) is 0 Å². The average Bonchev–Trinajstić information content (AvgIpc) is 3.17. The number of carbonyl (C=O) groups excluding carboxylic acids is 1. The lowest BCUT2D eigenvalue weighted by molar-refractivity contribution is -0.117. The maximum atomic E-state index is 11.8. The molecule has 1 amide bonds. The lowest BCUT2D eigenvalue weighted by Crippen LogP contribution is -2.23. The molecule has 0 bridgehead atoms. The van der Waals surface area contributed by atoms with Crippen LogP contribution in [0.25, 0.3) is 11.3 Å². The monoisotopic (exact) mass is 317 g/mol. The molecule has 2 aromatic rings. The van der Waals surface area contributed by atoms with Gasteiger partial charge in [0.05, 0.1) is 12.3 Å². The van der Waals surface area contributed by atoms with Crippen molar-refractivity contribution in [3.63, 3.8) is 0 Å². The third-order valence-electron chi connectivity index (χ3n) is 3.63. The summed E-state index contributed by atoms with van der Waals surface area (Å²) in [5.74, 6) is 0.214. The van der Waals surface area contributed by atoms with Crippen LogP contribution in [0.3, 0.4) is 0 Å². The van der Waals surface area contributed by atoms with Crippen LogP contribution in [0.2, 0.25) is 0 Å². The molecule has 0 unspecified atom stereocenters. The zero-order chi connectivity index (χ0) is 15.4. The Labute approximate surface area is 133 Å². The van der Waals surface area contributed by atoms with E-state index in [-0.39, 0.29) is 5.91 Å². The number of hydrogen-bond donors (Lipinski definition) is 1. The maximum absolute atomic E-state index is 11.8. The topological polar surface area (TPSA) is 54.5 Å². The van der Waals surface area contributed by atoms with Crippen molar-refractivity contribution in [3.8, 4) is 11.3 Å². The molecule has 0 spiro atoms. The third kappa shape index (κ3) is 3.28. The molecule has 0 aliphatic carbocycles. The predicted molar refractivity (Wildman–Crippen MR) is 89.5 cm³/mol. The van der Waals surface area contributed by atoms with E-state index in [0.717, 1.165) is 41.6 Å². The van der Waals surface area contributed by atoms with E-state index < -0.39 is 0 Å². The molecule has 0 atom stereocenters. The molecule has 1 saturated heterocycles. The van der Waals surface area contributed by atoms with Crippen LogP contribution in [0.5, 0.6) is 0 Å². The largest absolute Gasteiger partial charge is 0.383 e. The number of methoxy groups -OCH3 is 1. The Morgan fingerprint density at radius 1 is 1.36 bits per heavy atom. The number of rotatable bonds is 6. The Kier molecular flexibility index (Phi) is 4.70. The van der Waals surface area contributed by atoms with Gasteiger partial charge in [-0.15, -0.1) is 11.3 Å². The molecule has 3 rings (SSSR count). The maximum Gasteiger partial charge on any atom is 0.227 e. The second kappa shape index (κ2) is 6.89. The quantitative estimate of drug-likeness (QED) is 0.832. The molecule has 0 saturated carbocycles. The number of amides is 1. The van der Waals surface area contributed by atoms with Crippen LogP contribution < -0.4 is 10.2 Å². The van der Waals surface area contributed by atoms with Crippen molar-refractivity contribution in [2.75, 3.05) is 37.0 Å². The number of anilines is 2. The van der Waals surface area contributed by atoms with Crippen molar-refractivity contribution in [1.82, 2.24) is 4.98 Å². The molecule has 116 valence electrons. The number of nitrogens with one attached hydrogen (secondary N) is 1. The van der Waals surface area contributed by atoms with Crippen LogP contribution in [-0.4, -0.2) is 37.7 Å². The first-order valence-electron chi connectivity index (χ1n) is 7.37. The average molecular weight is 317 g/mol. The van der Waals surface area contributed by atoms with E-state index >= 15 is 0 Å². The SMILES string of the molecule is COCCNc1nc(-c2ccc(N3CCCC3=O)cc2)cs1. The van der Waals surface area contributed by atoms with Crippen LogP contribution >= 0.6 is 11.3 Å². The van der Waals surface area contributed by atoms with Gasteiger partial charge in [0.15, 0.2) is 5.13 Å². The number of carbonyl (C=O) groups is 1. The fourth-order valence-electron chi connectivity index (χ4n) is 2.48. The Morgan fingerprint density at radius 3 is 2.86 bits per heavy atom. The molecule has 1 aromatic heterocycles. The number of nitrogens with zero attached hydrogens (tertiary/aromatic N) is 2. The number of thiazole rings is 1.